The van der Waals surface area contributed by atoms with Crippen LogP contribution in [-0.4, -0.2) is 18.8 Å². The quantitative estimate of drug-likeness (QED) is 0.484. The fraction of sp³-hybridized carbons (Fsp3) is 1.00. The average Bonchev–Trinajstić information content (AvgIpc) is 3.28. The highest BCUT2D eigenvalue weighted by Gasteiger charge is 2.60. The minimum Gasteiger partial charge on any atom is -0.367 e. The van der Waals surface area contributed by atoms with Crippen molar-refractivity contribution in [3.05, 3.63) is 0 Å². The van der Waals surface area contributed by atoms with E-state index in [1.54, 1.807) is 0 Å². The van der Waals surface area contributed by atoms with Gasteiger partial charge in [0.25, 0.3) is 0 Å². The average molecular weight is 393 g/mol. The zero-order chi connectivity index (χ0) is 19.5. The number of hydrogen-bond acceptors (Lipinski definition) is 2. The molecule has 5 rings (SSSR count). The van der Waals surface area contributed by atoms with Gasteiger partial charge in [-0.15, -0.1) is 0 Å². The molecule has 5 aliphatic rings. The predicted molar refractivity (Wildman–Crippen MR) is 109 cm³/mol. The fourth-order valence-electron chi connectivity index (χ4n) is 9.40. The van der Waals surface area contributed by atoms with E-state index in [2.05, 4.69) is 25.7 Å². The van der Waals surface area contributed by atoms with Crippen molar-refractivity contribution < 1.29 is 14.2 Å². The van der Waals surface area contributed by atoms with Crippen molar-refractivity contribution in [1.82, 2.24) is 0 Å². The number of hydrogen-bond donors (Lipinski definition) is 0. The molecule has 0 aromatic carbocycles. The summed E-state index contributed by atoms with van der Waals surface area (Å²) >= 11 is 0. The Morgan fingerprint density at radius 3 is 2.57 bits per heavy atom. The maximum Gasteiger partial charge on any atom is 0.116 e. The molecule has 2 nitrogen and oxygen atoms in total. The van der Waals surface area contributed by atoms with E-state index in [-0.39, 0.29) is 18.8 Å². The lowest BCUT2D eigenvalue weighted by atomic mass is 9.44. The Bertz CT molecular complexity index is 581. The zero-order valence-electron chi connectivity index (χ0n) is 18.3. The molecule has 9 unspecified atom stereocenters. The molecule has 0 N–H and O–H groups in total. The van der Waals surface area contributed by atoms with Gasteiger partial charge in [0.05, 0.1) is 6.10 Å². The van der Waals surface area contributed by atoms with Gasteiger partial charge in [0.15, 0.2) is 0 Å². The molecule has 4 aliphatic carbocycles. The first kappa shape index (κ1) is 19.8. The van der Waals surface area contributed by atoms with E-state index in [1.165, 1.54) is 64.2 Å². The monoisotopic (exact) mass is 392 g/mol. The predicted octanol–water partition coefficient (Wildman–Crippen LogP) is 6.73. The van der Waals surface area contributed by atoms with Crippen molar-refractivity contribution in [2.24, 2.45) is 46.3 Å². The molecule has 160 valence electrons. The van der Waals surface area contributed by atoms with E-state index >= 15 is 0 Å². The molecular weight excluding hydrogens is 351 g/mol. The van der Waals surface area contributed by atoms with Crippen LogP contribution in [0, 0.1) is 46.3 Å². The van der Waals surface area contributed by atoms with Gasteiger partial charge in [-0.05, 0) is 109 Å². The molecule has 0 bridgehead atoms. The van der Waals surface area contributed by atoms with Crippen LogP contribution in [0.2, 0.25) is 0 Å². The van der Waals surface area contributed by atoms with Crippen LogP contribution >= 0.6 is 0 Å². The van der Waals surface area contributed by atoms with E-state index in [4.69, 9.17) is 4.74 Å². The minimum absolute atomic E-state index is 0.00900. The van der Waals surface area contributed by atoms with Gasteiger partial charge in [0.1, 0.15) is 12.7 Å². The first-order chi connectivity index (χ1) is 13.5. The Hall–Kier alpha value is -0.150. The lowest BCUT2D eigenvalue weighted by molar-refractivity contribution is -0.136. The second kappa shape index (κ2) is 7.22. The Kier molecular flexibility index (Phi) is 5.10. The van der Waals surface area contributed by atoms with Crippen molar-refractivity contribution in [3.8, 4) is 0 Å². The highest BCUT2D eigenvalue weighted by Crippen LogP contribution is 2.68. The molecule has 1 aliphatic heterocycles. The summed E-state index contributed by atoms with van der Waals surface area (Å²) in [6.45, 7) is 7.89. The van der Waals surface area contributed by atoms with Gasteiger partial charge in [0, 0.05) is 0 Å². The molecule has 0 amide bonds. The second-order valence-corrected chi connectivity index (χ2v) is 11.8. The van der Waals surface area contributed by atoms with Crippen LogP contribution < -0.4 is 0 Å². The van der Waals surface area contributed by atoms with Gasteiger partial charge in [-0.2, -0.15) is 4.94 Å². The summed E-state index contributed by atoms with van der Waals surface area (Å²) in [5.41, 5.74) is 1.17. The molecule has 0 aromatic rings. The molecule has 0 radical (unpaired) electrons. The van der Waals surface area contributed by atoms with Crippen LogP contribution in [0.3, 0.4) is 0 Å². The van der Waals surface area contributed by atoms with Crippen LogP contribution in [0.1, 0.15) is 91.4 Å². The molecule has 0 spiro atoms. The van der Waals surface area contributed by atoms with E-state index in [0.717, 1.165) is 36.0 Å². The zero-order valence-corrected chi connectivity index (χ0v) is 18.3. The summed E-state index contributed by atoms with van der Waals surface area (Å²) in [7, 11) is 0. The highest BCUT2D eigenvalue weighted by molar-refractivity contribution is 5.09. The van der Waals surface area contributed by atoms with Gasteiger partial charge in [-0.1, -0.05) is 33.6 Å². The first-order valence-corrected chi connectivity index (χ1v) is 12.4. The molecule has 28 heavy (non-hydrogen) atoms. The van der Waals surface area contributed by atoms with Gasteiger partial charge >= 0.3 is 0 Å². The number of rotatable bonds is 5. The number of epoxide rings is 1. The lowest BCUT2D eigenvalue weighted by Gasteiger charge is -2.61. The maximum absolute atomic E-state index is 12.1. The van der Waals surface area contributed by atoms with Gasteiger partial charge in [0.2, 0.25) is 0 Å². The standard InChI is InChI=1S/C25H41FO2/c1-16(14-22-23(28-22)15-27-26)19-9-10-20-18-8-7-17-6-4-5-12-24(17,2)21(18)11-13-25(19,20)3/h16-23H,4-15H2,1-3H3/t16-,17?,18?,19?,20?,21?,22?,23?,24?,25?/m1/s1. The highest BCUT2D eigenvalue weighted by atomic mass is 19.3. The largest absolute Gasteiger partial charge is 0.367 e. The Balaban J connectivity index is 1.29. The van der Waals surface area contributed by atoms with Gasteiger partial charge < -0.3 is 4.74 Å². The van der Waals surface area contributed by atoms with Crippen molar-refractivity contribution in [1.29, 1.82) is 0 Å². The van der Waals surface area contributed by atoms with Crippen molar-refractivity contribution in [2.75, 3.05) is 6.61 Å². The number of ether oxygens (including phenoxy) is 1. The normalized spacial score (nSPS) is 53.8. The summed E-state index contributed by atoms with van der Waals surface area (Å²) in [5, 5.41) is 0. The van der Waals surface area contributed by atoms with Gasteiger partial charge in [-0.3, -0.25) is 0 Å². The molecule has 10 atom stereocenters. The Labute approximate surface area is 171 Å². The summed E-state index contributed by atoms with van der Waals surface area (Å²) in [6, 6.07) is 0. The van der Waals surface area contributed by atoms with Crippen LogP contribution in [-0.2, 0) is 9.68 Å². The molecular formula is C25H41FO2. The van der Waals surface area contributed by atoms with E-state index in [9.17, 15) is 4.53 Å². The fourth-order valence-corrected chi connectivity index (χ4v) is 9.40. The molecule has 4 saturated carbocycles. The summed E-state index contributed by atoms with van der Waals surface area (Å²) < 4.78 is 17.8. The summed E-state index contributed by atoms with van der Waals surface area (Å²) in [6.07, 6.45) is 16.1. The lowest BCUT2D eigenvalue weighted by Crippen LogP contribution is -2.53. The van der Waals surface area contributed by atoms with Crippen molar-refractivity contribution in [2.45, 2.75) is 104 Å². The van der Waals surface area contributed by atoms with Crippen molar-refractivity contribution in [3.63, 3.8) is 0 Å². The SMILES string of the molecule is C[C@H](CC1OC1COF)C1CCC2C3CCC4CCCCC4(C)C3CCC21C. The summed E-state index contributed by atoms with van der Waals surface area (Å²) in [5.74, 6) is 5.46. The number of halogens is 1. The topological polar surface area (TPSA) is 21.8 Å². The van der Waals surface area contributed by atoms with E-state index in [1.807, 2.05) is 0 Å². The molecule has 0 aromatic heterocycles. The van der Waals surface area contributed by atoms with Crippen molar-refractivity contribution >= 4 is 0 Å². The molecule has 3 heteroatoms. The maximum atomic E-state index is 12.1. The Morgan fingerprint density at radius 1 is 0.929 bits per heavy atom. The first-order valence-electron chi connectivity index (χ1n) is 12.4. The van der Waals surface area contributed by atoms with Crippen LogP contribution in [0.5, 0.6) is 0 Å². The molecule has 1 saturated heterocycles. The van der Waals surface area contributed by atoms with E-state index in [0.29, 0.717) is 16.7 Å². The van der Waals surface area contributed by atoms with Crippen LogP contribution in [0.25, 0.3) is 0 Å². The summed E-state index contributed by atoms with van der Waals surface area (Å²) in [4.78, 5) is 3.80. The molecule has 5 fully saturated rings. The van der Waals surface area contributed by atoms with Gasteiger partial charge in [-0.25, -0.2) is 0 Å². The number of fused-ring (bicyclic) bond motifs is 5. The third-order valence-electron chi connectivity index (χ3n) is 10.9. The Morgan fingerprint density at radius 2 is 1.75 bits per heavy atom. The third kappa shape index (κ3) is 3.01. The van der Waals surface area contributed by atoms with E-state index < -0.39 is 0 Å². The molecule has 1 heterocycles. The second-order valence-electron chi connectivity index (χ2n) is 11.8. The van der Waals surface area contributed by atoms with Crippen LogP contribution in [0.15, 0.2) is 0 Å². The van der Waals surface area contributed by atoms with Crippen LogP contribution in [0.4, 0.5) is 4.53 Å². The minimum atomic E-state index is 0.00900. The third-order valence-corrected chi connectivity index (χ3v) is 10.9. The smallest absolute Gasteiger partial charge is 0.116 e.